The minimum atomic E-state index is -0.697. The second-order valence-electron chi connectivity index (χ2n) is 7.30. The number of hydrogen-bond donors (Lipinski definition) is 0. The van der Waals surface area contributed by atoms with Crippen LogP contribution >= 0.6 is 0 Å². The van der Waals surface area contributed by atoms with Gasteiger partial charge >= 0.3 is 5.97 Å². The highest BCUT2D eigenvalue weighted by Gasteiger charge is 2.77. The summed E-state index contributed by atoms with van der Waals surface area (Å²) in [4.78, 5) is 12.4. The van der Waals surface area contributed by atoms with Crippen molar-refractivity contribution in [3.05, 3.63) is 70.8 Å². The molecule has 2 aromatic rings. The van der Waals surface area contributed by atoms with Gasteiger partial charge in [0.15, 0.2) is 5.60 Å². The Kier molecular flexibility index (Phi) is 1.97. The molecule has 7 rings (SSSR count). The number of carbonyl (C=O) groups is 1. The van der Waals surface area contributed by atoms with Gasteiger partial charge in [-0.15, -0.1) is 0 Å². The van der Waals surface area contributed by atoms with E-state index in [1.54, 1.807) is 0 Å². The van der Waals surface area contributed by atoms with Crippen molar-refractivity contribution in [3.8, 4) is 0 Å². The van der Waals surface area contributed by atoms with E-state index < -0.39 is 5.60 Å². The molecule has 2 aromatic carbocycles. The van der Waals surface area contributed by atoms with Crippen molar-refractivity contribution in [2.75, 3.05) is 13.2 Å². The molecule has 23 heavy (non-hydrogen) atoms. The normalized spacial score (nSPS) is 38.5. The fourth-order valence-electron chi connectivity index (χ4n) is 5.46. The Hall–Kier alpha value is -2.13. The van der Waals surface area contributed by atoms with Gasteiger partial charge in [0, 0.05) is 11.8 Å². The standard InChI is InChI=1S/C20H16O3/c21-18-20(11-23-20)19(10-22-18)9-16-12-5-1-3-7-14(12)17(19)15-8-4-2-6-13(15)16/h1-8,16-17H,9-11H2/t16?,17?,19?,20-/m0/s1. The SMILES string of the molecule is O=C1OCC2(CC3c4ccccc4C2c2ccccc23)[C@]12CO2. The molecule has 0 saturated carbocycles. The Morgan fingerprint density at radius 1 is 0.870 bits per heavy atom. The van der Waals surface area contributed by atoms with E-state index in [-0.39, 0.29) is 17.3 Å². The number of epoxide rings is 1. The van der Waals surface area contributed by atoms with E-state index >= 15 is 0 Å². The third-order valence-corrected chi connectivity index (χ3v) is 6.51. The van der Waals surface area contributed by atoms with Gasteiger partial charge in [-0.1, -0.05) is 48.5 Å². The molecule has 1 unspecified atom stereocenters. The molecule has 2 spiro atoms. The van der Waals surface area contributed by atoms with Crippen molar-refractivity contribution in [2.45, 2.75) is 23.9 Å². The first-order valence-corrected chi connectivity index (χ1v) is 8.26. The highest BCUT2D eigenvalue weighted by atomic mass is 16.7. The van der Waals surface area contributed by atoms with Crippen LogP contribution in [0, 0.1) is 5.41 Å². The number of hydrogen-bond acceptors (Lipinski definition) is 3. The fraction of sp³-hybridized carbons (Fsp3) is 0.350. The second-order valence-corrected chi connectivity index (χ2v) is 7.30. The van der Waals surface area contributed by atoms with E-state index in [1.165, 1.54) is 22.3 Å². The highest BCUT2D eigenvalue weighted by Crippen LogP contribution is 2.69. The van der Waals surface area contributed by atoms with Gasteiger partial charge in [0.2, 0.25) is 0 Å². The predicted octanol–water partition coefficient (Wildman–Crippen LogP) is 2.98. The van der Waals surface area contributed by atoms with E-state index in [9.17, 15) is 4.79 Å². The molecule has 3 heteroatoms. The maximum absolute atomic E-state index is 12.4. The van der Waals surface area contributed by atoms with E-state index in [1.807, 2.05) is 0 Å². The van der Waals surface area contributed by atoms with E-state index in [0.29, 0.717) is 19.1 Å². The molecular weight excluding hydrogens is 288 g/mol. The van der Waals surface area contributed by atoms with Gasteiger partial charge in [0.1, 0.15) is 6.61 Å². The minimum Gasteiger partial charge on any atom is -0.463 e. The molecule has 5 aliphatic rings. The lowest BCUT2D eigenvalue weighted by molar-refractivity contribution is -0.142. The van der Waals surface area contributed by atoms with Crippen LogP contribution < -0.4 is 0 Å². The summed E-state index contributed by atoms with van der Waals surface area (Å²) in [6.07, 6.45) is 0.942. The summed E-state index contributed by atoms with van der Waals surface area (Å²) in [5, 5.41) is 0. The Labute approximate surface area is 134 Å². The number of cyclic esters (lactones) is 1. The second kappa shape index (κ2) is 3.68. The summed E-state index contributed by atoms with van der Waals surface area (Å²) in [6.45, 7) is 0.995. The summed E-state index contributed by atoms with van der Waals surface area (Å²) >= 11 is 0. The van der Waals surface area contributed by atoms with Gasteiger partial charge in [-0.2, -0.15) is 0 Å². The summed E-state index contributed by atoms with van der Waals surface area (Å²) < 4.78 is 11.3. The van der Waals surface area contributed by atoms with Gasteiger partial charge in [-0.05, 0) is 28.7 Å². The molecule has 3 aliphatic carbocycles. The summed E-state index contributed by atoms with van der Waals surface area (Å²) in [7, 11) is 0. The van der Waals surface area contributed by atoms with Crippen molar-refractivity contribution >= 4 is 5.97 Å². The van der Waals surface area contributed by atoms with Crippen LogP contribution in [0.25, 0.3) is 0 Å². The first kappa shape index (κ1) is 12.3. The van der Waals surface area contributed by atoms with Crippen LogP contribution in [-0.4, -0.2) is 24.8 Å². The average Bonchev–Trinajstić information content (AvgIpc) is 3.38. The molecule has 0 aromatic heterocycles. The molecule has 0 radical (unpaired) electrons. The number of esters is 1. The Morgan fingerprint density at radius 2 is 1.43 bits per heavy atom. The van der Waals surface area contributed by atoms with Crippen molar-refractivity contribution in [1.82, 2.24) is 0 Å². The number of benzene rings is 2. The van der Waals surface area contributed by atoms with Crippen LogP contribution in [-0.2, 0) is 14.3 Å². The Morgan fingerprint density at radius 3 is 2.00 bits per heavy atom. The summed E-state index contributed by atoms with van der Waals surface area (Å²) in [5.74, 6) is 0.372. The van der Waals surface area contributed by atoms with E-state index in [0.717, 1.165) is 6.42 Å². The topological polar surface area (TPSA) is 38.8 Å². The smallest absolute Gasteiger partial charge is 0.341 e. The van der Waals surface area contributed by atoms with Crippen molar-refractivity contribution < 1.29 is 14.3 Å². The first-order chi connectivity index (χ1) is 11.3. The maximum Gasteiger partial charge on any atom is 0.341 e. The Bertz CT molecular complexity index is 819. The van der Waals surface area contributed by atoms with Gasteiger partial charge in [-0.3, -0.25) is 0 Å². The molecule has 0 N–H and O–H groups in total. The van der Waals surface area contributed by atoms with Crippen LogP contribution in [0.4, 0.5) is 0 Å². The van der Waals surface area contributed by atoms with E-state index in [2.05, 4.69) is 48.5 Å². The monoisotopic (exact) mass is 304 g/mol. The third-order valence-electron chi connectivity index (χ3n) is 6.51. The number of ether oxygens (including phenoxy) is 2. The quantitative estimate of drug-likeness (QED) is 0.555. The predicted molar refractivity (Wildman–Crippen MR) is 83.3 cm³/mol. The zero-order valence-electron chi connectivity index (χ0n) is 12.6. The van der Waals surface area contributed by atoms with Crippen LogP contribution in [0.1, 0.15) is 40.5 Å². The molecule has 2 aliphatic heterocycles. The zero-order valence-corrected chi connectivity index (χ0v) is 12.6. The molecule has 3 nitrogen and oxygen atoms in total. The molecule has 2 atom stereocenters. The molecule has 0 amide bonds. The lowest BCUT2D eigenvalue weighted by Gasteiger charge is -2.51. The molecule has 2 saturated heterocycles. The van der Waals surface area contributed by atoms with Crippen LogP contribution in [0.5, 0.6) is 0 Å². The van der Waals surface area contributed by atoms with Gasteiger partial charge in [-0.25, -0.2) is 4.79 Å². The molecule has 2 fully saturated rings. The fourth-order valence-corrected chi connectivity index (χ4v) is 5.46. The van der Waals surface area contributed by atoms with Crippen molar-refractivity contribution in [2.24, 2.45) is 5.41 Å². The lowest BCUT2D eigenvalue weighted by Crippen LogP contribution is -2.51. The third kappa shape index (κ3) is 1.19. The highest BCUT2D eigenvalue weighted by molar-refractivity contribution is 5.87. The zero-order chi connectivity index (χ0) is 15.2. The number of carbonyl (C=O) groups excluding carboxylic acids is 1. The largest absolute Gasteiger partial charge is 0.463 e. The van der Waals surface area contributed by atoms with Crippen LogP contribution in [0.2, 0.25) is 0 Å². The van der Waals surface area contributed by atoms with E-state index in [4.69, 9.17) is 9.47 Å². The van der Waals surface area contributed by atoms with Gasteiger partial charge < -0.3 is 9.47 Å². The molecule has 114 valence electrons. The average molecular weight is 304 g/mol. The molecular formula is C20H16O3. The maximum atomic E-state index is 12.4. The van der Waals surface area contributed by atoms with Crippen molar-refractivity contribution in [1.29, 1.82) is 0 Å². The molecule has 2 bridgehead atoms. The number of rotatable bonds is 0. The van der Waals surface area contributed by atoms with Gasteiger partial charge in [0.05, 0.1) is 12.0 Å². The lowest BCUT2D eigenvalue weighted by atomic mass is 9.49. The van der Waals surface area contributed by atoms with Crippen molar-refractivity contribution in [3.63, 3.8) is 0 Å². The summed E-state index contributed by atoms with van der Waals surface area (Å²) in [5.41, 5.74) is 4.61. The van der Waals surface area contributed by atoms with Gasteiger partial charge in [0.25, 0.3) is 0 Å². The minimum absolute atomic E-state index is 0.153. The van der Waals surface area contributed by atoms with Crippen LogP contribution in [0.15, 0.2) is 48.5 Å². The first-order valence-electron chi connectivity index (χ1n) is 8.26. The van der Waals surface area contributed by atoms with Crippen LogP contribution in [0.3, 0.4) is 0 Å². The molecule has 2 heterocycles. The summed E-state index contributed by atoms with van der Waals surface area (Å²) in [6, 6.07) is 17.4. The Balaban J connectivity index is 1.68.